The first-order valence-electron chi connectivity index (χ1n) is 7.41. The molecule has 1 saturated heterocycles. The Hall–Kier alpha value is -0.795. The lowest BCUT2D eigenvalue weighted by molar-refractivity contribution is 0.00578. The Kier molecular flexibility index (Phi) is 3.59. The van der Waals surface area contributed by atoms with E-state index in [1.807, 2.05) is 0 Å². The normalized spacial score (nSPS) is 21.3. The highest BCUT2D eigenvalue weighted by Gasteiger charge is 2.52. The van der Waals surface area contributed by atoms with Gasteiger partial charge in [-0.2, -0.15) is 0 Å². The molecule has 110 valence electrons. The van der Waals surface area contributed by atoms with Crippen molar-refractivity contribution in [2.45, 2.75) is 72.0 Å². The van der Waals surface area contributed by atoms with Gasteiger partial charge in [0.2, 0.25) is 0 Å². The summed E-state index contributed by atoms with van der Waals surface area (Å²) < 4.78 is 12.3. The third-order valence-corrected chi connectivity index (χ3v) is 4.64. The van der Waals surface area contributed by atoms with Crippen molar-refractivity contribution in [3.63, 3.8) is 0 Å². The highest BCUT2D eigenvalue weighted by molar-refractivity contribution is 6.62. The zero-order chi connectivity index (χ0) is 15.3. The molecule has 1 fully saturated rings. The van der Waals surface area contributed by atoms with Gasteiger partial charge < -0.3 is 9.31 Å². The Bertz CT molecular complexity index is 496. The van der Waals surface area contributed by atoms with Crippen LogP contribution >= 0.6 is 0 Å². The van der Waals surface area contributed by atoms with Crippen molar-refractivity contribution in [3.05, 3.63) is 29.3 Å². The second-order valence-corrected chi connectivity index (χ2v) is 7.91. The number of benzene rings is 1. The summed E-state index contributed by atoms with van der Waals surface area (Å²) in [5, 5.41) is 0. The fraction of sp³-hybridized carbons (Fsp3) is 0.647. The highest BCUT2D eigenvalue weighted by atomic mass is 16.7. The average Bonchev–Trinajstić information content (AvgIpc) is 2.46. The van der Waals surface area contributed by atoms with Crippen LogP contribution in [0.3, 0.4) is 0 Å². The van der Waals surface area contributed by atoms with Crippen molar-refractivity contribution >= 4 is 12.6 Å². The summed E-state index contributed by atoms with van der Waals surface area (Å²) in [6, 6.07) is 6.59. The van der Waals surface area contributed by atoms with Gasteiger partial charge in [-0.1, -0.05) is 44.5 Å². The molecule has 0 aromatic heterocycles. The predicted molar refractivity (Wildman–Crippen MR) is 85.6 cm³/mol. The minimum absolute atomic E-state index is 0.166. The summed E-state index contributed by atoms with van der Waals surface area (Å²) in [4.78, 5) is 0. The second-order valence-electron chi connectivity index (χ2n) is 7.91. The summed E-state index contributed by atoms with van der Waals surface area (Å²) in [6.45, 7) is 17.2. The van der Waals surface area contributed by atoms with Crippen LogP contribution in [0.15, 0.2) is 18.2 Å². The van der Waals surface area contributed by atoms with Crippen molar-refractivity contribution in [1.82, 2.24) is 0 Å². The summed E-state index contributed by atoms with van der Waals surface area (Å²) in [5.41, 5.74) is 3.31. The van der Waals surface area contributed by atoms with E-state index in [1.165, 1.54) is 11.1 Å². The van der Waals surface area contributed by atoms with Crippen LogP contribution in [-0.2, 0) is 14.7 Å². The average molecular weight is 274 g/mol. The first-order valence-corrected chi connectivity index (χ1v) is 7.41. The van der Waals surface area contributed by atoms with Gasteiger partial charge in [0.15, 0.2) is 0 Å². The lowest BCUT2D eigenvalue weighted by atomic mass is 9.74. The lowest BCUT2D eigenvalue weighted by Gasteiger charge is -2.32. The molecule has 0 saturated carbocycles. The summed E-state index contributed by atoms with van der Waals surface area (Å²) in [7, 11) is -0.269. The molecule has 1 aliphatic rings. The Morgan fingerprint density at radius 3 is 1.85 bits per heavy atom. The molecule has 1 aliphatic heterocycles. The van der Waals surface area contributed by atoms with Crippen LogP contribution in [0, 0.1) is 6.92 Å². The topological polar surface area (TPSA) is 18.5 Å². The summed E-state index contributed by atoms with van der Waals surface area (Å²) in [5.74, 6) is 0. The quantitative estimate of drug-likeness (QED) is 0.729. The molecule has 0 N–H and O–H groups in total. The lowest BCUT2D eigenvalue weighted by Crippen LogP contribution is -2.41. The minimum Gasteiger partial charge on any atom is -0.399 e. The number of rotatable bonds is 1. The molecular formula is C17H27BO2. The molecule has 0 aliphatic carbocycles. The van der Waals surface area contributed by atoms with Crippen molar-refractivity contribution in [3.8, 4) is 0 Å². The van der Waals surface area contributed by atoms with E-state index < -0.39 is 0 Å². The van der Waals surface area contributed by atoms with E-state index in [-0.39, 0.29) is 23.7 Å². The van der Waals surface area contributed by atoms with Crippen molar-refractivity contribution in [2.75, 3.05) is 0 Å². The van der Waals surface area contributed by atoms with Gasteiger partial charge >= 0.3 is 7.12 Å². The molecule has 0 spiro atoms. The maximum Gasteiger partial charge on any atom is 0.495 e. The van der Waals surface area contributed by atoms with Gasteiger partial charge in [-0.3, -0.25) is 0 Å². The van der Waals surface area contributed by atoms with Crippen LogP contribution in [0.2, 0.25) is 0 Å². The predicted octanol–water partition coefficient (Wildman–Crippen LogP) is 3.59. The zero-order valence-electron chi connectivity index (χ0n) is 14.1. The van der Waals surface area contributed by atoms with Crippen molar-refractivity contribution in [1.29, 1.82) is 0 Å². The highest BCUT2D eigenvalue weighted by Crippen LogP contribution is 2.36. The van der Waals surface area contributed by atoms with Crippen molar-refractivity contribution < 1.29 is 9.31 Å². The van der Waals surface area contributed by atoms with Gasteiger partial charge in [0.1, 0.15) is 0 Å². The monoisotopic (exact) mass is 274 g/mol. The molecule has 0 amide bonds. The maximum absolute atomic E-state index is 6.13. The number of hydrogen-bond donors (Lipinski definition) is 0. The zero-order valence-corrected chi connectivity index (χ0v) is 14.1. The molecule has 1 aromatic rings. The van der Waals surface area contributed by atoms with Gasteiger partial charge in [0.05, 0.1) is 11.2 Å². The van der Waals surface area contributed by atoms with E-state index in [0.29, 0.717) is 0 Å². The van der Waals surface area contributed by atoms with E-state index in [9.17, 15) is 0 Å². The molecule has 1 heterocycles. The van der Waals surface area contributed by atoms with Crippen LogP contribution in [-0.4, -0.2) is 18.3 Å². The smallest absolute Gasteiger partial charge is 0.399 e. The van der Waals surface area contributed by atoms with Gasteiger partial charge in [-0.15, -0.1) is 0 Å². The van der Waals surface area contributed by atoms with E-state index in [0.717, 1.165) is 5.46 Å². The summed E-state index contributed by atoms with van der Waals surface area (Å²) >= 11 is 0. The molecule has 2 nitrogen and oxygen atoms in total. The Morgan fingerprint density at radius 1 is 0.950 bits per heavy atom. The van der Waals surface area contributed by atoms with Crippen LogP contribution in [0.4, 0.5) is 0 Å². The number of aryl methyl sites for hydroxylation is 1. The first kappa shape index (κ1) is 15.6. The molecule has 1 aromatic carbocycles. The van der Waals surface area contributed by atoms with E-state index >= 15 is 0 Å². The van der Waals surface area contributed by atoms with E-state index in [1.54, 1.807) is 0 Å². The third-order valence-electron chi connectivity index (χ3n) is 4.64. The molecule has 0 bridgehead atoms. The van der Waals surface area contributed by atoms with Gasteiger partial charge in [0.25, 0.3) is 0 Å². The minimum atomic E-state index is -0.285. The molecule has 20 heavy (non-hydrogen) atoms. The standard InChI is InChI=1S/C17H27BO2/c1-12-11-13(15(2,3)4)9-10-14(12)18-19-16(5,6)17(7,8)20-18/h9-11H,1-8H3. The fourth-order valence-corrected chi connectivity index (χ4v) is 2.38. The fourth-order valence-electron chi connectivity index (χ4n) is 2.38. The largest absolute Gasteiger partial charge is 0.495 e. The van der Waals surface area contributed by atoms with Gasteiger partial charge in [-0.25, -0.2) is 0 Å². The molecule has 0 atom stereocenters. The van der Waals surface area contributed by atoms with Crippen molar-refractivity contribution in [2.24, 2.45) is 0 Å². The van der Waals surface area contributed by atoms with Crippen LogP contribution < -0.4 is 5.46 Å². The van der Waals surface area contributed by atoms with E-state index in [4.69, 9.17) is 9.31 Å². The Labute approximate surface area is 124 Å². The van der Waals surface area contributed by atoms with Gasteiger partial charge in [0, 0.05) is 0 Å². The molecule has 0 radical (unpaired) electrons. The third kappa shape index (κ3) is 2.66. The Morgan fingerprint density at radius 2 is 1.45 bits per heavy atom. The molecule has 3 heteroatoms. The molecular weight excluding hydrogens is 247 g/mol. The van der Waals surface area contributed by atoms with Gasteiger partial charge in [-0.05, 0) is 51.1 Å². The molecule has 2 rings (SSSR count). The SMILES string of the molecule is Cc1cc(C(C)(C)C)ccc1B1OC(C)(C)C(C)(C)O1. The van der Waals surface area contributed by atoms with Crippen LogP contribution in [0.1, 0.15) is 59.6 Å². The molecule has 0 unspecified atom stereocenters. The van der Waals surface area contributed by atoms with E-state index in [2.05, 4.69) is 73.6 Å². The van der Waals surface area contributed by atoms with Crippen LogP contribution in [0.25, 0.3) is 0 Å². The first-order chi connectivity index (χ1) is 8.94. The summed E-state index contributed by atoms with van der Waals surface area (Å²) in [6.07, 6.45) is 0. The number of hydrogen-bond acceptors (Lipinski definition) is 2. The maximum atomic E-state index is 6.13. The van der Waals surface area contributed by atoms with Crippen LogP contribution in [0.5, 0.6) is 0 Å². The Balaban J connectivity index is 2.33. The second kappa shape index (κ2) is 4.61.